The van der Waals surface area contributed by atoms with Gasteiger partial charge < -0.3 is 4.74 Å². The van der Waals surface area contributed by atoms with Gasteiger partial charge in [0.1, 0.15) is 12.6 Å². The van der Waals surface area contributed by atoms with Crippen molar-refractivity contribution in [2.75, 3.05) is 13.2 Å². The molecule has 7 nitrogen and oxygen atoms in total. The van der Waals surface area contributed by atoms with Gasteiger partial charge in [-0.15, -0.1) is 0 Å². The van der Waals surface area contributed by atoms with E-state index in [-0.39, 0.29) is 16.2 Å². The van der Waals surface area contributed by atoms with Crippen LogP contribution in [-0.4, -0.2) is 33.3 Å². The fourth-order valence-corrected chi connectivity index (χ4v) is 3.46. The lowest BCUT2D eigenvalue weighted by Gasteiger charge is -2.09. The molecule has 2 aromatic carbocycles. The number of benzene rings is 2. The smallest absolute Gasteiger partial charge is 0.321 e. The standard InChI is InChI=1S/C19H18N2O5S/c1-13-7-8-14(2)16(9-13)17(22)12-26-19(23)11-21-27(24,25)18-6-4-3-5-15(18)10-20/h3-9,21H,11-12H2,1-2H3. The summed E-state index contributed by atoms with van der Waals surface area (Å²) in [5.41, 5.74) is 2.07. The highest BCUT2D eigenvalue weighted by Crippen LogP contribution is 2.14. The Morgan fingerprint density at radius 3 is 2.56 bits per heavy atom. The normalized spacial score (nSPS) is 10.9. The van der Waals surface area contributed by atoms with Gasteiger partial charge in [0.2, 0.25) is 15.8 Å². The zero-order valence-electron chi connectivity index (χ0n) is 14.9. The van der Waals surface area contributed by atoms with E-state index in [0.29, 0.717) is 5.56 Å². The van der Waals surface area contributed by atoms with Crippen molar-refractivity contribution in [2.24, 2.45) is 0 Å². The van der Waals surface area contributed by atoms with Crippen molar-refractivity contribution < 1.29 is 22.7 Å². The second-order valence-electron chi connectivity index (χ2n) is 5.83. The molecule has 140 valence electrons. The van der Waals surface area contributed by atoms with Gasteiger partial charge in [-0.1, -0.05) is 29.8 Å². The molecule has 0 bridgehead atoms. The van der Waals surface area contributed by atoms with Crippen LogP contribution in [0.2, 0.25) is 0 Å². The summed E-state index contributed by atoms with van der Waals surface area (Å²) in [5, 5.41) is 8.98. The highest BCUT2D eigenvalue weighted by molar-refractivity contribution is 7.89. The van der Waals surface area contributed by atoms with Crippen molar-refractivity contribution in [3.05, 3.63) is 64.7 Å². The van der Waals surface area contributed by atoms with Crippen molar-refractivity contribution >= 4 is 21.8 Å². The first kappa shape index (κ1) is 20.3. The molecular formula is C19H18N2O5S. The van der Waals surface area contributed by atoms with Crippen LogP contribution < -0.4 is 4.72 Å². The second kappa shape index (κ2) is 8.58. The second-order valence-corrected chi connectivity index (χ2v) is 7.57. The molecule has 0 aliphatic rings. The number of ketones is 1. The lowest BCUT2D eigenvalue weighted by atomic mass is 10.0. The first-order chi connectivity index (χ1) is 12.7. The van der Waals surface area contributed by atoms with Gasteiger partial charge in [0.15, 0.2) is 6.61 Å². The van der Waals surface area contributed by atoms with Gasteiger partial charge in [-0.25, -0.2) is 8.42 Å². The van der Waals surface area contributed by atoms with Crippen molar-refractivity contribution in [1.82, 2.24) is 4.72 Å². The Morgan fingerprint density at radius 2 is 1.85 bits per heavy atom. The number of nitrogens with zero attached hydrogens (tertiary/aromatic N) is 1. The molecule has 0 atom stereocenters. The largest absolute Gasteiger partial charge is 0.456 e. The predicted octanol–water partition coefficient (Wildman–Crippen LogP) is 1.88. The van der Waals surface area contributed by atoms with E-state index in [1.807, 2.05) is 13.0 Å². The van der Waals surface area contributed by atoms with E-state index in [1.54, 1.807) is 25.1 Å². The monoisotopic (exact) mass is 386 g/mol. The first-order valence-corrected chi connectivity index (χ1v) is 9.48. The van der Waals surface area contributed by atoms with E-state index in [0.717, 1.165) is 11.1 Å². The van der Waals surface area contributed by atoms with Crippen molar-refractivity contribution in [3.8, 4) is 6.07 Å². The zero-order valence-corrected chi connectivity index (χ0v) is 15.7. The van der Waals surface area contributed by atoms with Crippen molar-refractivity contribution in [2.45, 2.75) is 18.7 Å². The summed E-state index contributed by atoms with van der Waals surface area (Å²) in [5.74, 6) is -1.27. The average molecular weight is 386 g/mol. The molecule has 0 heterocycles. The maximum atomic E-state index is 12.2. The third kappa shape index (κ3) is 5.23. The van der Waals surface area contributed by atoms with E-state index in [2.05, 4.69) is 4.72 Å². The van der Waals surface area contributed by atoms with E-state index >= 15 is 0 Å². The Labute approximate surface area is 157 Å². The van der Waals surface area contributed by atoms with Crippen molar-refractivity contribution in [3.63, 3.8) is 0 Å². The predicted molar refractivity (Wildman–Crippen MR) is 97.6 cm³/mol. The van der Waals surface area contributed by atoms with Crippen LogP contribution in [0.15, 0.2) is 47.4 Å². The molecule has 0 saturated heterocycles. The van der Waals surface area contributed by atoms with Crippen LogP contribution in [0.4, 0.5) is 0 Å². The maximum Gasteiger partial charge on any atom is 0.321 e. The third-order valence-electron chi connectivity index (χ3n) is 3.76. The van der Waals surface area contributed by atoms with Crippen LogP contribution in [0.1, 0.15) is 27.0 Å². The average Bonchev–Trinajstić information content (AvgIpc) is 2.66. The molecule has 27 heavy (non-hydrogen) atoms. The van der Waals surface area contributed by atoms with Gasteiger partial charge in [-0.3, -0.25) is 9.59 Å². The highest BCUT2D eigenvalue weighted by Gasteiger charge is 2.20. The number of carbonyl (C=O) groups excluding carboxylic acids is 2. The summed E-state index contributed by atoms with van der Waals surface area (Å²) >= 11 is 0. The number of aryl methyl sites for hydroxylation is 2. The van der Waals surface area contributed by atoms with Gasteiger partial charge in [0.05, 0.1) is 10.5 Å². The summed E-state index contributed by atoms with van der Waals surface area (Å²) in [6.45, 7) is 2.48. The fourth-order valence-electron chi connectivity index (χ4n) is 2.34. The number of esters is 1. The lowest BCUT2D eigenvalue weighted by Crippen LogP contribution is -2.32. The molecule has 2 aromatic rings. The van der Waals surface area contributed by atoms with E-state index in [4.69, 9.17) is 10.00 Å². The lowest BCUT2D eigenvalue weighted by molar-refractivity contribution is -0.141. The van der Waals surface area contributed by atoms with Crippen LogP contribution >= 0.6 is 0 Å². The minimum absolute atomic E-state index is 0.0385. The maximum absolute atomic E-state index is 12.2. The summed E-state index contributed by atoms with van der Waals surface area (Å²) in [4.78, 5) is 23.7. The number of ether oxygens (including phenoxy) is 1. The molecular weight excluding hydrogens is 368 g/mol. The highest BCUT2D eigenvalue weighted by atomic mass is 32.2. The number of hydrogen-bond donors (Lipinski definition) is 1. The molecule has 0 saturated carbocycles. The van der Waals surface area contributed by atoms with Crippen LogP contribution in [0, 0.1) is 25.2 Å². The van der Waals surface area contributed by atoms with Gasteiger partial charge in [0, 0.05) is 5.56 Å². The molecule has 0 aromatic heterocycles. The van der Waals surface area contributed by atoms with Crippen LogP contribution in [-0.2, 0) is 19.6 Å². The number of rotatable bonds is 7. The molecule has 0 radical (unpaired) electrons. The zero-order chi connectivity index (χ0) is 20.0. The topological polar surface area (TPSA) is 113 Å². The Kier molecular flexibility index (Phi) is 6.45. The Balaban J connectivity index is 1.95. The minimum atomic E-state index is -4.06. The van der Waals surface area contributed by atoms with Crippen molar-refractivity contribution in [1.29, 1.82) is 5.26 Å². The Hall–Kier alpha value is -3.02. The van der Waals surface area contributed by atoms with Gasteiger partial charge in [-0.05, 0) is 37.6 Å². The summed E-state index contributed by atoms with van der Waals surface area (Å²) in [6, 6.07) is 12.8. The molecule has 1 N–H and O–H groups in total. The summed E-state index contributed by atoms with van der Waals surface area (Å²) < 4.78 is 31.4. The van der Waals surface area contributed by atoms with E-state index in [9.17, 15) is 18.0 Å². The van der Waals surface area contributed by atoms with Gasteiger partial charge in [-0.2, -0.15) is 9.98 Å². The molecule has 0 unspecified atom stereocenters. The molecule has 2 rings (SSSR count). The van der Waals surface area contributed by atoms with Crippen LogP contribution in [0.3, 0.4) is 0 Å². The number of Topliss-reactive ketones (excluding diaryl/α,β-unsaturated/α-hetero) is 1. The summed E-state index contributed by atoms with van der Waals surface area (Å²) in [6.07, 6.45) is 0. The number of carbonyl (C=O) groups is 2. The Bertz CT molecular complexity index is 1020. The molecule has 8 heteroatoms. The fraction of sp³-hybridized carbons (Fsp3) is 0.211. The molecule has 0 spiro atoms. The molecule has 0 amide bonds. The van der Waals surface area contributed by atoms with Gasteiger partial charge in [0.25, 0.3) is 0 Å². The minimum Gasteiger partial charge on any atom is -0.456 e. The molecule has 0 fully saturated rings. The first-order valence-electron chi connectivity index (χ1n) is 7.99. The Morgan fingerprint density at radius 1 is 1.15 bits per heavy atom. The number of hydrogen-bond acceptors (Lipinski definition) is 6. The molecule has 0 aliphatic heterocycles. The molecule has 0 aliphatic carbocycles. The SMILES string of the molecule is Cc1ccc(C)c(C(=O)COC(=O)CNS(=O)(=O)c2ccccc2C#N)c1. The van der Waals surface area contributed by atoms with Crippen LogP contribution in [0.25, 0.3) is 0 Å². The summed E-state index contributed by atoms with van der Waals surface area (Å²) in [7, 11) is -4.06. The van der Waals surface area contributed by atoms with E-state index in [1.165, 1.54) is 24.3 Å². The van der Waals surface area contributed by atoms with E-state index < -0.39 is 29.1 Å². The number of sulfonamides is 1. The number of nitriles is 1. The van der Waals surface area contributed by atoms with Gasteiger partial charge >= 0.3 is 5.97 Å². The van der Waals surface area contributed by atoms with Crippen LogP contribution in [0.5, 0.6) is 0 Å². The number of nitrogens with one attached hydrogen (secondary N) is 1. The third-order valence-corrected chi connectivity index (χ3v) is 5.22. The quantitative estimate of drug-likeness (QED) is 0.574.